The minimum atomic E-state index is -0.163. The Hall–Kier alpha value is -3.38. The SMILES string of the molecule is COc1cccc(N(CCCN(C)C)c2ncccc2NC(=O)c2ccccc2)c1. The first kappa shape index (κ1) is 21.3. The molecule has 6 nitrogen and oxygen atoms in total. The normalized spacial score (nSPS) is 10.7. The van der Waals surface area contributed by atoms with Crippen LogP contribution in [0.4, 0.5) is 17.2 Å². The summed E-state index contributed by atoms with van der Waals surface area (Å²) in [4.78, 5) is 21.6. The highest BCUT2D eigenvalue weighted by atomic mass is 16.5. The second kappa shape index (κ2) is 10.4. The summed E-state index contributed by atoms with van der Waals surface area (Å²) in [5.41, 5.74) is 2.23. The molecule has 0 aliphatic rings. The number of anilines is 3. The maximum Gasteiger partial charge on any atom is 0.255 e. The molecule has 0 saturated heterocycles. The van der Waals surface area contributed by atoms with Gasteiger partial charge < -0.3 is 19.9 Å². The molecule has 0 radical (unpaired) electrons. The van der Waals surface area contributed by atoms with Gasteiger partial charge in [0.25, 0.3) is 5.91 Å². The van der Waals surface area contributed by atoms with Gasteiger partial charge in [-0.05, 0) is 63.5 Å². The third-order valence-corrected chi connectivity index (χ3v) is 4.68. The summed E-state index contributed by atoms with van der Waals surface area (Å²) in [6.45, 7) is 1.69. The summed E-state index contributed by atoms with van der Waals surface area (Å²) < 4.78 is 5.41. The quantitative estimate of drug-likeness (QED) is 0.572. The number of aromatic nitrogens is 1. The van der Waals surface area contributed by atoms with Crippen LogP contribution in [0.3, 0.4) is 0 Å². The molecule has 0 fully saturated rings. The summed E-state index contributed by atoms with van der Waals surface area (Å²) in [5.74, 6) is 1.31. The van der Waals surface area contributed by atoms with Crippen molar-refractivity contribution in [1.82, 2.24) is 9.88 Å². The number of nitrogens with one attached hydrogen (secondary N) is 1. The molecule has 1 aromatic heterocycles. The van der Waals surface area contributed by atoms with Gasteiger partial charge in [0.2, 0.25) is 0 Å². The van der Waals surface area contributed by atoms with Gasteiger partial charge in [-0.2, -0.15) is 0 Å². The van der Waals surface area contributed by atoms with Crippen LogP contribution in [0, 0.1) is 0 Å². The largest absolute Gasteiger partial charge is 0.497 e. The highest BCUT2D eigenvalue weighted by Crippen LogP contribution is 2.32. The summed E-state index contributed by atoms with van der Waals surface area (Å²) >= 11 is 0. The van der Waals surface area contributed by atoms with Gasteiger partial charge in [-0.3, -0.25) is 4.79 Å². The predicted molar refractivity (Wildman–Crippen MR) is 122 cm³/mol. The van der Waals surface area contributed by atoms with E-state index in [1.54, 1.807) is 25.4 Å². The van der Waals surface area contributed by atoms with Crippen molar-refractivity contribution in [2.75, 3.05) is 44.5 Å². The van der Waals surface area contributed by atoms with Gasteiger partial charge in [0.15, 0.2) is 5.82 Å². The average molecular weight is 405 g/mol. The molecule has 3 rings (SSSR count). The summed E-state index contributed by atoms with van der Waals surface area (Å²) in [6.07, 6.45) is 2.68. The van der Waals surface area contributed by atoms with Crippen molar-refractivity contribution in [3.8, 4) is 5.75 Å². The monoisotopic (exact) mass is 404 g/mol. The van der Waals surface area contributed by atoms with E-state index < -0.39 is 0 Å². The lowest BCUT2D eigenvalue weighted by atomic mass is 10.2. The molecule has 1 heterocycles. The molecule has 0 bridgehead atoms. The lowest BCUT2D eigenvalue weighted by Crippen LogP contribution is -2.25. The number of nitrogens with zero attached hydrogens (tertiary/aromatic N) is 3. The van der Waals surface area contributed by atoms with Crippen molar-refractivity contribution in [2.24, 2.45) is 0 Å². The number of carbonyl (C=O) groups excluding carboxylic acids is 1. The van der Waals surface area contributed by atoms with E-state index in [1.807, 2.05) is 54.6 Å². The Balaban J connectivity index is 1.93. The molecule has 0 atom stereocenters. The summed E-state index contributed by atoms with van der Waals surface area (Å²) in [6, 6.07) is 20.8. The maximum atomic E-state index is 12.7. The van der Waals surface area contributed by atoms with Crippen LogP contribution in [0.5, 0.6) is 5.75 Å². The Morgan fingerprint density at radius 2 is 1.80 bits per heavy atom. The van der Waals surface area contributed by atoms with E-state index in [-0.39, 0.29) is 5.91 Å². The van der Waals surface area contributed by atoms with E-state index in [2.05, 4.69) is 34.2 Å². The predicted octanol–water partition coefficient (Wildman–Crippen LogP) is 4.43. The van der Waals surface area contributed by atoms with Gasteiger partial charge in [0.1, 0.15) is 5.75 Å². The molecule has 1 N–H and O–H groups in total. The van der Waals surface area contributed by atoms with Crippen LogP contribution in [0.2, 0.25) is 0 Å². The van der Waals surface area contributed by atoms with E-state index in [9.17, 15) is 4.79 Å². The van der Waals surface area contributed by atoms with Gasteiger partial charge in [0.05, 0.1) is 12.8 Å². The lowest BCUT2D eigenvalue weighted by molar-refractivity contribution is 0.102. The van der Waals surface area contributed by atoms with Gasteiger partial charge >= 0.3 is 0 Å². The zero-order chi connectivity index (χ0) is 21.3. The Kier molecular flexibility index (Phi) is 7.40. The molecular weight excluding hydrogens is 376 g/mol. The van der Waals surface area contributed by atoms with Crippen LogP contribution in [0.15, 0.2) is 72.9 Å². The van der Waals surface area contributed by atoms with Gasteiger partial charge in [-0.15, -0.1) is 0 Å². The first-order valence-corrected chi connectivity index (χ1v) is 9.96. The van der Waals surface area contributed by atoms with Crippen molar-refractivity contribution < 1.29 is 9.53 Å². The zero-order valence-electron chi connectivity index (χ0n) is 17.7. The number of amides is 1. The van der Waals surface area contributed by atoms with E-state index in [4.69, 9.17) is 4.74 Å². The van der Waals surface area contributed by atoms with Crippen LogP contribution < -0.4 is 15.0 Å². The Morgan fingerprint density at radius 3 is 2.53 bits per heavy atom. The molecular formula is C24H28N4O2. The molecule has 30 heavy (non-hydrogen) atoms. The third kappa shape index (κ3) is 5.58. The first-order chi connectivity index (χ1) is 14.6. The highest BCUT2D eigenvalue weighted by Gasteiger charge is 2.17. The zero-order valence-corrected chi connectivity index (χ0v) is 17.7. The number of carbonyl (C=O) groups is 1. The van der Waals surface area contributed by atoms with E-state index in [0.717, 1.165) is 30.9 Å². The summed E-state index contributed by atoms with van der Waals surface area (Å²) in [7, 11) is 5.77. The smallest absolute Gasteiger partial charge is 0.255 e. The van der Waals surface area contributed by atoms with E-state index in [0.29, 0.717) is 17.1 Å². The minimum absolute atomic E-state index is 0.163. The van der Waals surface area contributed by atoms with Crippen LogP contribution in [-0.4, -0.2) is 50.1 Å². The van der Waals surface area contributed by atoms with Crippen LogP contribution >= 0.6 is 0 Å². The summed E-state index contributed by atoms with van der Waals surface area (Å²) in [5, 5.41) is 3.02. The molecule has 0 unspecified atom stereocenters. The van der Waals surface area contributed by atoms with Crippen molar-refractivity contribution in [3.63, 3.8) is 0 Å². The molecule has 2 aromatic carbocycles. The van der Waals surface area contributed by atoms with Crippen LogP contribution in [-0.2, 0) is 0 Å². The number of hydrogen-bond acceptors (Lipinski definition) is 5. The minimum Gasteiger partial charge on any atom is -0.497 e. The molecule has 156 valence electrons. The molecule has 0 saturated carbocycles. The number of pyridine rings is 1. The van der Waals surface area contributed by atoms with Gasteiger partial charge in [-0.1, -0.05) is 24.3 Å². The Labute approximate surface area is 178 Å². The van der Waals surface area contributed by atoms with Gasteiger partial charge in [0, 0.05) is 30.1 Å². The fraction of sp³-hybridized carbons (Fsp3) is 0.250. The molecule has 6 heteroatoms. The standard InChI is InChI=1S/C24H28N4O2/c1-27(2)16-9-17-28(20-12-7-13-21(18-20)30-3)23-22(14-8-15-25-23)26-24(29)19-10-5-4-6-11-19/h4-8,10-15,18H,9,16-17H2,1-3H3,(H,26,29). The Bertz CT molecular complexity index is 960. The first-order valence-electron chi connectivity index (χ1n) is 9.96. The van der Waals surface area contributed by atoms with Crippen molar-refractivity contribution in [2.45, 2.75) is 6.42 Å². The van der Waals surface area contributed by atoms with Crippen LogP contribution in [0.1, 0.15) is 16.8 Å². The molecule has 1 amide bonds. The van der Waals surface area contributed by atoms with E-state index in [1.165, 1.54) is 0 Å². The molecule has 0 spiro atoms. The van der Waals surface area contributed by atoms with Crippen molar-refractivity contribution in [3.05, 3.63) is 78.5 Å². The molecule has 0 aliphatic carbocycles. The third-order valence-electron chi connectivity index (χ3n) is 4.68. The fourth-order valence-corrected chi connectivity index (χ4v) is 3.17. The van der Waals surface area contributed by atoms with Crippen LogP contribution in [0.25, 0.3) is 0 Å². The second-order valence-corrected chi connectivity index (χ2v) is 7.20. The fourth-order valence-electron chi connectivity index (χ4n) is 3.17. The number of ether oxygens (including phenoxy) is 1. The Morgan fingerprint density at radius 1 is 1.00 bits per heavy atom. The number of hydrogen-bond donors (Lipinski definition) is 1. The van der Waals surface area contributed by atoms with E-state index >= 15 is 0 Å². The maximum absolute atomic E-state index is 12.7. The van der Waals surface area contributed by atoms with Crippen molar-refractivity contribution in [1.29, 1.82) is 0 Å². The lowest BCUT2D eigenvalue weighted by Gasteiger charge is -2.27. The average Bonchev–Trinajstić information content (AvgIpc) is 2.78. The van der Waals surface area contributed by atoms with Crippen molar-refractivity contribution >= 4 is 23.1 Å². The molecule has 3 aromatic rings. The second-order valence-electron chi connectivity index (χ2n) is 7.20. The highest BCUT2D eigenvalue weighted by molar-refractivity contribution is 6.05. The number of methoxy groups -OCH3 is 1. The number of rotatable bonds is 9. The number of benzene rings is 2. The molecule has 0 aliphatic heterocycles. The topological polar surface area (TPSA) is 57.7 Å². The van der Waals surface area contributed by atoms with Gasteiger partial charge in [-0.25, -0.2) is 4.98 Å².